The van der Waals surface area contributed by atoms with Crippen LogP contribution in [-0.4, -0.2) is 60.4 Å². The van der Waals surface area contributed by atoms with Crippen LogP contribution in [-0.2, 0) is 11.3 Å². The summed E-state index contributed by atoms with van der Waals surface area (Å²) in [6.45, 7) is 6.26. The van der Waals surface area contributed by atoms with Crippen molar-refractivity contribution in [3.05, 3.63) is 59.0 Å². The SMILES string of the molecule is Cc1cc(C(=O)N2CCN(CC(=O)NC(=O)NCc3ccccc3)CC2)c(C)o1. The molecule has 1 fully saturated rings. The first-order valence-corrected chi connectivity index (χ1v) is 9.62. The first-order chi connectivity index (χ1) is 13.9. The number of amides is 4. The van der Waals surface area contributed by atoms with Crippen LogP contribution in [0.1, 0.15) is 27.4 Å². The Hall–Kier alpha value is -3.13. The largest absolute Gasteiger partial charge is 0.466 e. The van der Waals surface area contributed by atoms with E-state index in [9.17, 15) is 14.4 Å². The zero-order valence-electron chi connectivity index (χ0n) is 16.7. The highest BCUT2D eigenvalue weighted by atomic mass is 16.3. The first kappa shape index (κ1) is 20.6. The van der Waals surface area contributed by atoms with Crippen LogP contribution in [0.15, 0.2) is 40.8 Å². The second-order valence-corrected chi connectivity index (χ2v) is 7.11. The Bertz CT molecular complexity index is 870. The molecular weight excluding hydrogens is 372 g/mol. The predicted molar refractivity (Wildman–Crippen MR) is 107 cm³/mol. The van der Waals surface area contributed by atoms with E-state index >= 15 is 0 Å². The summed E-state index contributed by atoms with van der Waals surface area (Å²) in [5, 5.41) is 5.01. The molecule has 3 rings (SSSR count). The number of piperazine rings is 1. The lowest BCUT2D eigenvalue weighted by atomic mass is 10.2. The summed E-state index contributed by atoms with van der Waals surface area (Å²) >= 11 is 0. The summed E-state index contributed by atoms with van der Waals surface area (Å²) in [6, 6.07) is 10.7. The fourth-order valence-electron chi connectivity index (χ4n) is 3.31. The molecule has 0 unspecified atom stereocenters. The van der Waals surface area contributed by atoms with Crippen LogP contribution < -0.4 is 10.6 Å². The quantitative estimate of drug-likeness (QED) is 0.799. The topological polar surface area (TPSA) is 94.9 Å². The van der Waals surface area contributed by atoms with Crippen molar-refractivity contribution < 1.29 is 18.8 Å². The Morgan fingerprint density at radius 3 is 2.34 bits per heavy atom. The lowest BCUT2D eigenvalue weighted by Crippen LogP contribution is -2.52. The summed E-state index contributed by atoms with van der Waals surface area (Å²) in [6.07, 6.45) is 0. The Morgan fingerprint density at radius 2 is 1.72 bits per heavy atom. The molecule has 2 aromatic rings. The maximum absolute atomic E-state index is 12.6. The molecular formula is C21H26N4O4. The highest BCUT2D eigenvalue weighted by Gasteiger charge is 2.25. The van der Waals surface area contributed by atoms with E-state index in [1.54, 1.807) is 17.9 Å². The van der Waals surface area contributed by atoms with Crippen molar-refractivity contribution in [1.29, 1.82) is 0 Å². The van der Waals surface area contributed by atoms with E-state index < -0.39 is 6.03 Å². The number of furan rings is 1. The smallest absolute Gasteiger partial charge is 0.321 e. The van der Waals surface area contributed by atoms with E-state index in [-0.39, 0.29) is 18.4 Å². The minimum Gasteiger partial charge on any atom is -0.466 e. The van der Waals surface area contributed by atoms with Crippen LogP contribution >= 0.6 is 0 Å². The molecule has 8 heteroatoms. The molecule has 8 nitrogen and oxygen atoms in total. The van der Waals surface area contributed by atoms with Crippen molar-refractivity contribution in [2.75, 3.05) is 32.7 Å². The van der Waals surface area contributed by atoms with E-state index in [2.05, 4.69) is 10.6 Å². The summed E-state index contributed by atoms with van der Waals surface area (Å²) in [5.74, 6) is 0.919. The molecule has 0 bridgehead atoms. The number of urea groups is 1. The van der Waals surface area contributed by atoms with Crippen molar-refractivity contribution in [2.24, 2.45) is 0 Å². The third-order valence-corrected chi connectivity index (χ3v) is 4.85. The molecule has 0 radical (unpaired) electrons. The van der Waals surface area contributed by atoms with E-state index in [0.717, 1.165) is 5.56 Å². The number of aryl methyl sites for hydroxylation is 2. The summed E-state index contributed by atoms with van der Waals surface area (Å²) in [4.78, 5) is 40.3. The normalized spacial score (nSPS) is 14.5. The van der Waals surface area contributed by atoms with Crippen LogP contribution in [0.2, 0.25) is 0 Å². The average Bonchev–Trinajstić information content (AvgIpc) is 3.05. The molecule has 1 aromatic carbocycles. The molecule has 0 saturated carbocycles. The number of carbonyl (C=O) groups is 3. The Balaban J connectivity index is 1.39. The molecule has 2 N–H and O–H groups in total. The van der Waals surface area contributed by atoms with E-state index in [4.69, 9.17) is 4.42 Å². The number of nitrogens with zero attached hydrogens (tertiary/aromatic N) is 2. The van der Waals surface area contributed by atoms with Crippen molar-refractivity contribution in [3.63, 3.8) is 0 Å². The molecule has 1 aliphatic rings. The monoisotopic (exact) mass is 398 g/mol. The van der Waals surface area contributed by atoms with Gasteiger partial charge in [0.05, 0.1) is 12.1 Å². The van der Waals surface area contributed by atoms with Gasteiger partial charge in [0.2, 0.25) is 5.91 Å². The molecule has 0 atom stereocenters. The van der Waals surface area contributed by atoms with E-state index in [0.29, 0.717) is 49.8 Å². The van der Waals surface area contributed by atoms with Gasteiger partial charge >= 0.3 is 6.03 Å². The number of hydrogen-bond acceptors (Lipinski definition) is 5. The highest BCUT2D eigenvalue weighted by Crippen LogP contribution is 2.17. The molecule has 1 aromatic heterocycles. The van der Waals surface area contributed by atoms with Gasteiger partial charge in [0.1, 0.15) is 11.5 Å². The third-order valence-electron chi connectivity index (χ3n) is 4.85. The Labute approximate surface area is 169 Å². The molecule has 0 aliphatic carbocycles. The second-order valence-electron chi connectivity index (χ2n) is 7.11. The van der Waals surface area contributed by atoms with Crippen LogP contribution in [0.25, 0.3) is 0 Å². The fourth-order valence-corrected chi connectivity index (χ4v) is 3.31. The standard InChI is InChI=1S/C21H26N4O4/c1-15-12-18(16(2)29-15)20(27)25-10-8-24(9-11-25)14-19(26)23-21(28)22-13-17-6-4-3-5-7-17/h3-7,12H,8-11,13-14H2,1-2H3,(H2,22,23,26,28). The summed E-state index contributed by atoms with van der Waals surface area (Å²) < 4.78 is 5.44. The Kier molecular flexibility index (Phi) is 6.66. The van der Waals surface area contributed by atoms with E-state index in [1.165, 1.54) is 0 Å². The van der Waals surface area contributed by atoms with Gasteiger partial charge in [-0.25, -0.2) is 4.79 Å². The van der Waals surface area contributed by atoms with Gasteiger partial charge in [0.25, 0.3) is 5.91 Å². The van der Waals surface area contributed by atoms with Gasteiger partial charge in [0.15, 0.2) is 0 Å². The van der Waals surface area contributed by atoms with Crippen molar-refractivity contribution in [2.45, 2.75) is 20.4 Å². The van der Waals surface area contributed by atoms with Gasteiger partial charge < -0.3 is 14.6 Å². The van der Waals surface area contributed by atoms with Crippen molar-refractivity contribution in [3.8, 4) is 0 Å². The van der Waals surface area contributed by atoms with Crippen LogP contribution in [0.5, 0.6) is 0 Å². The zero-order chi connectivity index (χ0) is 20.8. The third kappa shape index (κ3) is 5.68. The molecule has 4 amide bonds. The van der Waals surface area contributed by atoms with Gasteiger partial charge in [-0.1, -0.05) is 30.3 Å². The number of nitrogens with one attached hydrogen (secondary N) is 2. The number of hydrogen-bond donors (Lipinski definition) is 2. The van der Waals surface area contributed by atoms with Crippen LogP contribution in [0.4, 0.5) is 4.79 Å². The summed E-state index contributed by atoms with van der Waals surface area (Å²) in [5.41, 5.74) is 1.54. The van der Waals surface area contributed by atoms with E-state index in [1.807, 2.05) is 42.2 Å². The second kappa shape index (κ2) is 9.38. The lowest BCUT2D eigenvalue weighted by molar-refractivity contribution is -0.121. The number of carbonyl (C=O) groups excluding carboxylic acids is 3. The Morgan fingerprint density at radius 1 is 1.03 bits per heavy atom. The van der Waals surface area contributed by atoms with Crippen molar-refractivity contribution >= 4 is 17.8 Å². The molecule has 1 saturated heterocycles. The molecule has 1 aliphatic heterocycles. The fraction of sp³-hybridized carbons (Fsp3) is 0.381. The van der Waals surface area contributed by atoms with Crippen molar-refractivity contribution in [1.82, 2.24) is 20.4 Å². The van der Waals surface area contributed by atoms with Crippen LogP contribution in [0, 0.1) is 13.8 Å². The first-order valence-electron chi connectivity index (χ1n) is 9.62. The number of imide groups is 1. The van der Waals surface area contributed by atoms with Gasteiger partial charge in [-0.2, -0.15) is 0 Å². The molecule has 0 spiro atoms. The zero-order valence-corrected chi connectivity index (χ0v) is 16.7. The molecule has 154 valence electrons. The average molecular weight is 398 g/mol. The predicted octanol–water partition coefficient (Wildman–Crippen LogP) is 1.68. The van der Waals surface area contributed by atoms with Crippen LogP contribution in [0.3, 0.4) is 0 Å². The molecule has 2 heterocycles. The number of rotatable bonds is 5. The minimum absolute atomic E-state index is 0.0521. The highest BCUT2D eigenvalue weighted by molar-refractivity contribution is 5.96. The number of benzene rings is 1. The minimum atomic E-state index is -0.515. The van der Waals surface area contributed by atoms with Gasteiger partial charge in [-0.15, -0.1) is 0 Å². The maximum Gasteiger partial charge on any atom is 0.321 e. The lowest BCUT2D eigenvalue weighted by Gasteiger charge is -2.34. The van der Waals surface area contributed by atoms with Gasteiger partial charge in [0, 0.05) is 32.7 Å². The maximum atomic E-state index is 12.6. The van der Waals surface area contributed by atoms with Gasteiger partial charge in [-0.05, 0) is 25.5 Å². The summed E-state index contributed by atoms with van der Waals surface area (Å²) in [7, 11) is 0. The van der Waals surface area contributed by atoms with Gasteiger partial charge in [-0.3, -0.25) is 19.8 Å². The molecule has 29 heavy (non-hydrogen) atoms.